The normalized spacial score (nSPS) is 15.3. The van der Waals surface area contributed by atoms with Gasteiger partial charge in [0.15, 0.2) is 5.11 Å². The van der Waals surface area contributed by atoms with E-state index in [0.717, 1.165) is 41.0 Å². The number of amides is 2. The molecule has 1 aromatic carbocycles. The first-order chi connectivity index (χ1) is 15.4. The molecule has 0 fully saturated rings. The third kappa shape index (κ3) is 4.98. The number of thiophene rings is 1. The van der Waals surface area contributed by atoms with E-state index in [1.165, 1.54) is 17.4 Å². The molecule has 1 atom stereocenters. The Morgan fingerprint density at radius 3 is 2.75 bits per heavy atom. The molecule has 1 aliphatic carbocycles. The van der Waals surface area contributed by atoms with Crippen molar-refractivity contribution in [3.05, 3.63) is 70.3 Å². The van der Waals surface area contributed by atoms with Gasteiger partial charge < -0.3 is 15.5 Å². The molecule has 6 nitrogen and oxygen atoms in total. The highest BCUT2D eigenvalue weighted by atomic mass is 32.1. The lowest BCUT2D eigenvalue weighted by atomic mass is 9.88. The molecule has 4 rings (SSSR count). The van der Waals surface area contributed by atoms with Crippen molar-refractivity contribution < 1.29 is 14.0 Å². The molecule has 2 amide bonds. The highest BCUT2D eigenvalue weighted by molar-refractivity contribution is 7.80. The van der Waals surface area contributed by atoms with Crippen LogP contribution in [0, 0.1) is 5.92 Å². The van der Waals surface area contributed by atoms with Gasteiger partial charge in [0.1, 0.15) is 16.5 Å². The molecule has 32 heavy (non-hydrogen) atoms. The lowest BCUT2D eigenvalue weighted by molar-refractivity contribution is -0.115. The quantitative estimate of drug-likeness (QED) is 0.373. The summed E-state index contributed by atoms with van der Waals surface area (Å²) in [6, 6.07) is 13.3. The number of furan rings is 1. The Morgan fingerprint density at radius 1 is 1.22 bits per heavy atom. The van der Waals surface area contributed by atoms with Crippen LogP contribution in [0.4, 0.5) is 5.00 Å². The molecule has 0 saturated heterocycles. The number of carbonyl (C=O) groups is 2. The standard InChI is InChI=1S/C24H23N3O3S2/c1-14-7-10-17-19(13-14)32-23(21(17)22(25)29)27-24(31)26-20(28)12-9-16-8-11-18(30-16)15-5-3-2-4-6-15/h2-6,8-9,11-12,14H,7,10,13H2,1H3,(H2,25,29)(H2,26,27,28,31)/b12-9+/t14-/m1/s1. The van der Waals surface area contributed by atoms with Gasteiger partial charge in [-0.1, -0.05) is 37.3 Å². The molecule has 0 bridgehead atoms. The minimum absolute atomic E-state index is 0.109. The van der Waals surface area contributed by atoms with Gasteiger partial charge in [-0.15, -0.1) is 11.3 Å². The Morgan fingerprint density at radius 2 is 2.00 bits per heavy atom. The monoisotopic (exact) mass is 465 g/mol. The summed E-state index contributed by atoms with van der Waals surface area (Å²) in [4.78, 5) is 25.5. The zero-order valence-electron chi connectivity index (χ0n) is 17.5. The molecule has 0 radical (unpaired) electrons. The number of nitrogens with two attached hydrogens (primary N) is 1. The second kappa shape index (κ2) is 9.50. The van der Waals surface area contributed by atoms with Crippen LogP contribution in [0.5, 0.6) is 0 Å². The molecular formula is C24H23N3O3S2. The predicted molar refractivity (Wildman–Crippen MR) is 132 cm³/mol. The van der Waals surface area contributed by atoms with Gasteiger partial charge in [-0.05, 0) is 61.2 Å². The Balaban J connectivity index is 1.39. The van der Waals surface area contributed by atoms with Crippen molar-refractivity contribution in [3.63, 3.8) is 0 Å². The van der Waals surface area contributed by atoms with E-state index in [0.29, 0.717) is 22.2 Å². The number of nitrogens with one attached hydrogen (secondary N) is 2. The van der Waals surface area contributed by atoms with Crippen LogP contribution in [0.1, 0.15) is 39.9 Å². The minimum Gasteiger partial charge on any atom is -0.457 e. The molecule has 8 heteroatoms. The molecule has 0 unspecified atom stereocenters. The lowest BCUT2D eigenvalue weighted by Crippen LogP contribution is -2.33. The van der Waals surface area contributed by atoms with E-state index in [9.17, 15) is 9.59 Å². The van der Waals surface area contributed by atoms with Gasteiger partial charge >= 0.3 is 0 Å². The van der Waals surface area contributed by atoms with Crippen molar-refractivity contribution in [2.24, 2.45) is 11.7 Å². The summed E-state index contributed by atoms with van der Waals surface area (Å²) in [5.41, 5.74) is 8.07. The van der Waals surface area contributed by atoms with Crippen LogP contribution in [-0.2, 0) is 17.6 Å². The number of rotatable bonds is 5. The van der Waals surface area contributed by atoms with Gasteiger partial charge in [-0.3, -0.25) is 14.9 Å². The van der Waals surface area contributed by atoms with E-state index in [-0.39, 0.29) is 5.11 Å². The fourth-order valence-corrected chi connectivity index (χ4v) is 5.43. The predicted octanol–water partition coefficient (Wildman–Crippen LogP) is 4.76. The second-order valence-corrected chi connectivity index (χ2v) is 9.28. The number of hydrogen-bond acceptors (Lipinski definition) is 5. The fourth-order valence-electron chi connectivity index (χ4n) is 3.75. The highest BCUT2D eigenvalue weighted by Gasteiger charge is 2.26. The van der Waals surface area contributed by atoms with Gasteiger partial charge in [-0.25, -0.2) is 0 Å². The molecule has 2 heterocycles. The summed E-state index contributed by atoms with van der Waals surface area (Å²) in [6.45, 7) is 2.19. The third-order valence-electron chi connectivity index (χ3n) is 5.31. The molecular weight excluding hydrogens is 442 g/mol. The molecule has 1 aliphatic rings. The van der Waals surface area contributed by atoms with E-state index in [4.69, 9.17) is 22.4 Å². The van der Waals surface area contributed by atoms with E-state index >= 15 is 0 Å². The summed E-state index contributed by atoms with van der Waals surface area (Å²) < 4.78 is 5.75. The van der Waals surface area contributed by atoms with Crippen LogP contribution in [0.3, 0.4) is 0 Å². The minimum atomic E-state index is -0.486. The molecule has 2 aromatic heterocycles. The van der Waals surface area contributed by atoms with Crippen LogP contribution in [-0.4, -0.2) is 16.9 Å². The Labute approximate surface area is 195 Å². The van der Waals surface area contributed by atoms with Crippen LogP contribution < -0.4 is 16.4 Å². The van der Waals surface area contributed by atoms with Gasteiger partial charge in [-0.2, -0.15) is 0 Å². The lowest BCUT2D eigenvalue weighted by Gasteiger charge is -2.18. The molecule has 164 valence electrons. The largest absolute Gasteiger partial charge is 0.457 e. The second-order valence-electron chi connectivity index (χ2n) is 7.76. The Bertz CT molecular complexity index is 1190. The summed E-state index contributed by atoms with van der Waals surface area (Å²) in [7, 11) is 0. The molecule has 4 N–H and O–H groups in total. The number of thiocarbonyl (C=S) groups is 1. The average molecular weight is 466 g/mol. The number of fused-ring (bicyclic) bond motifs is 1. The topological polar surface area (TPSA) is 97.4 Å². The number of anilines is 1. The first-order valence-electron chi connectivity index (χ1n) is 10.3. The molecule has 0 spiro atoms. The SMILES string of the molecule is C[C@@H]1CCc2c(sc(NC(=S)NC(=O)/C=C/c3ccc(-c4ccccc4)o3)c2C(N)=O)C1. The summed E-state index contributed by atoms with van der Waals surface area (Å²) in [6.07, 6.45) is 5.68. The van der Waals surface area contributed by atoms with E-state index < -0.39 is 11.8 Å². The van der Waals surface area contributed by atoms with Gasteiger partial charge in [0.25, 0.3) is 5.91 Å². The van der Waals surface area contributed by atoms with Crippen molar-refractivity contribution in [1.29, 1.82) is 0 Å². The maximum Gasteiger partial charge on any atom is 0.251 e. The Hall–Kier alpha value is -3.23. The average Bonchev–Trinajstić information content (AvgIpc) is 3.36. The Kier molecular flexibility index (Phi) is 6.53. The smallest absolute Gasteiger partial charge is 0.251 e. The van der Waals surface area contributed by atoms with E-state index in [2.05, 4.69) is 17.6 Å². The first kappa shape index (κ1) is 22.0. The highest BCUT2D eigenvalue weighted by Crippen LogP contribution is 2.39. The summed E-state index contributed by atoms with van der Waals surface area (Å²) in [5.74, 6) is 0.943. The van der Waals surface area contributed by atoms with Gasteiger partial charge in [0, 0.05) is 16.5 Å². The van der Waals surface area contributed by atoms with Crippen molar-refractivity contribution in [3.8, 4) is 11.3 Å². The van der Waals surface area contributed by atoms with Crippen molar-refractivity contribution >= 4 is 51.6 Å². The first-order valence-corrected chi connectivity index (χ1v) is 11.5. The van der Waals surface area contributed by atoms with Crippen molar-refractivity contribution in [2.45, 2.75) is 26.2 Å². The number of carbonyl (C=O) groups excluding carboxylic acids is 2. The zero-order chi connectivity index (χ0) is 22.7. The molecule has 3 aromatic rings. The third-order valence-corrected chi connectivity index (χ3v) is 6.68. The zero-order valence-corrected chi connectivity index (χ0v) is 19.1. The number of primary amides is 1. The van der Waals surface area contributed by atoms with E-state index in [1.807, 2.05) is 36.4 Å². The molecule has 0 aliphatic heterocycles. The maximum absolute atomic E-state index is 12.3. The van der Waals surface area contributed by atoms with Crippen molar-refractivity contribution in [2.75, 3.05) is 5.32 Å². The van der Waals surface area contributed by atoms with Crippen LogP contribution in [0.15, 0.2) is 53.0 Å². The van der Waals surface area contributed by atoms with Crippen molar-refractivity contribution in [1.82, 2.24) is 5.32 Å². The number of hydrogen-bond donors (Lipinski definition) is 3. The van der Waals surface area contributed by atoms with Gasteiger partial charge in [0.05, 0.1) is 5.56 Å². The summed E-state index contributed by atoms with van der Waals surface area (Å²) in [5, 5.41) is 6.28. The van der Waals surface area contributed by atoms with Crippen LogP contribution in [0.2, 0.25) is 0 Å². The fraction of sp³-hybridized carbons (Fsp3) is 0.208. The summed E-state index contributed by atoms with van der Waals surface area (Å²) >= 11 is 6.75. The van der Waals surface area contributed by atoms with Crippen LogP contribution in [0.25, 0.3) is 17.4 Å². The number of benzene rings is 1. The maximum atomic E-state index is 12.3. The van der Waals surface area contributed by atoms with E-state index in [1.54, 1.807) is 12.1 Å². The molecule has 0 saturated carbocycles. The van der Waals surface area contributed by atoms with Gasteiger partial charge in [0.2, 0.25) is 5.91 Å². The van der Waals surface area contributed by atoms with Crippen LogP contribution >= 0.6 is 23.6 Å².